The summed E-state index contributed by atoms with van der Waals surface area (Å²) in [6.07, 6.45) is 2.03. The number of hydrogen-bond donors (Lipinski definition) is 0. The predicted octanol–water partition coefficient (Wildman–Crippen LogP) is 5.98. The van der Waals surface area contributed by atoms with E-state index in [1.165, 1.54) is 4.90 Å². The van der Waals surface area contributed by atoms with Gasteiger partial charge in [0, 0.05) is 16.9 Å². The second-order valence-corrected chi connectivity index (χ2v) is 10.5. The van der Waals surface area contributed by atoms with Crippen LogP contribution in [0.3, 0.4) is 0 Å². The molecule has 4 aromatic rings. The van der Waals surface area contributed by atoms with Crippen molar-refractivity contribution in [1.82, 2.24) is 0 Å². The van der Waals surface area contributed by atoms with Crippen molar-refractivity contribution in [2.75, 3.05) is 4.90 Å². The summed E-state index contributed by atoms with van der Waals surface area (Å²) in [4.78, 5) is 43.3. The zero-order valence-electron chi connectivity index (χ0n) is 21.0. The molecule has 186 valence electrons. The van der Waals surface area contributed by atoms with Crippen molar-refractivity contribution in [3.8, 4) is 5.75 Å². The van der Waals surface area contributed by atoms with Gasteiger partial charge in [-0.25, -0.2) is 4.90 Å². The van der Waals surface area contributed by atoms with Crippen molar-refractivity contribution in [1.29, 1.82) is 0 Å². The van der Waals surface area contributed by atoms with E-state index in [4.69, 9.17) is 4.74 Å². The summed E-state index contributed by atoms with van der Waals surface area (Å²) >= 11 is 0. The maximum Gasteiger partial charge on any atom is 0.319 e. The Balaban J connectivity index is 1.45. The molecule has 38 heavy (non-hydrogen) atoms. The first kappa shape index (κ1) is 22.7. The van der Waals surface area contributed by atoms with Gasteiger partial charge in [0.05, 0.1) is 23.4 Å². The van der Waals surface area contributed by atoms with Gasteiger partial charge in [-0.1, -0.05) is 84.9 Å². The number of esters is 1. The molecule has 3 aliphatic rings. The van der Waals surface area contributed by atoms with E-state index in [9.17, 15) is 14.4 Å². The highest BCUT2D eigenvalue weighted by Crippen LogP contribution is 2.55. The molecule has 0 unspecified atom stereocenters. The van der Waals surface area contributed by atoms with Gasteiger partial charge in [-0.3, -0.25) is 14.4 Å². The summed E-state index contributed by atoms with van der Waals surface area (Å²) in [6, 6.07) is 27.3. The molecular weight excluding hydrogens is 474 g/mol. The van der Waals surface area contributed by atoms with Crippen LogP contribution in [0.4, 0.5) is 5.69 Å². The Bertz CT molecular complexity index is 1700. The number of benzene rings is 4. The molecule has 0 radical (unpaired) electrons. The molecule has 5 heteroatoms. The average Bonchev–Trinajstić information content (AvgIpc) is 3.19. The third-order valence-corrected chi connectivity index (χ3v) is 8.28. The largest absolute Gasteiger partial charge is 0.425 e. The molecule has 0 aromatic heterocycles. The lowest BCUT2D eigenvalue weighted by Crippen LogP contribution is -2.42. The number of amides is 2. The molecular formula is C33H25NO4. The van der Waals surface area contributed by atoms with Crippen LogP contribution in [0, 0.1) is 31.6 Å². The molecule has 4 atom stereocenters. The maximum absolute atomic E-state index is 14.2. The van der Waals surface area contributed by atoms with Gasteiger partial charge >= 0.3 is 5.97 Å². The number of ether oxygens (including phenoxy) is 1. The summed E-state index contributed by atoms with van der Waals surface area (Å²) in [5.74, 6) is -3.33. The first-order valence-electron chi connectivity index (χ1n) is 12.9. The zero-order chi connectivity index (χ0) is 26.1. The molecule has 0 saturated carbocycles. The Labute approximate surface area is 220 Å². The molecule has 2 heterocycles. The van der Waals surface area contributed by atoms with Crippen molar-refractivity contribution < 1.29 is 19.1 Å². The Hall–Kier alpha value is -4.51. The number of carbonyl (C=O) groups is 3. The van der Waals surface area contributed by atoms with Gasteiger partial charge < -0.3 is 4.74 Å². The van der Waals surface area contributed by atoms with E-state index in [0.29, 0.717) is 11.4 Å². The summed E-state index contributed by atoms with van der Waals surface area (Å²) < 4.78 is 5.97. The van der Waals surface area contributed by atoms with Crippen LogP contribution in [-0.4, -0.2) is 17.8 Å². The SMILES string of the molecule is Cc1ccc(C)c(N2C(=O)[C@@H]3[C@@H]4C(=O)Oc5c(ccc6ccccc56)C4=C[C@@H](c4ccccc4)[C@H]3C2=O)c1. The Morgan fingerprint density at radius 1 is 0.763 bits per heavy atom. The lowest BCUT2D eigenvalue weighted by Gasteiger charge is -2.38. The standard InChI is InChI=1S/C33H25NO4/c1-18-12-13-19(2)26(16-18)34-31(35)27-24(20-8-4-3-5-9-20)17-25-23-15-14-21-10-6-7-11-22(21)30(23)38-33(37)28(25)29(27)32(34)36/h3-17,24,27-29H,1-2H3/t24-,27+,28+,29-/m0/s1. The van der Waals surface area contributed by atoms with Crippen LogP contribution in [0.5, 0.6) is 5.75 Å². The molecule has 0 N–H and O–H groups in total. The maximum atomic E-state index is 14.2. The molecule has 1 saturated heterocycles. The molecule has 7 rings (SSSR count). The first-order chi connectivity index (χ1) is 18.4. The van der Waals surface area contributed by atoms with Crippen LogP contribution in [0.15, 0.2) is 91.0 Å². The lowest BCUT2D eigenvalue weighted by atomic mass is 9.64. The minimum Gasteiger partial charge on any atom is -0.425 e. The van der Waals surface area contributed by atoms with Crippen molar-refractivity contribution >= 4 is 39.8 Å². The van der Waals surface area contributed by atoms with Gasteiger partial charge in [0.15, 0.2) is 0 Å². The molecule has 2 amide bonds. The minimum absolute atomic E-state index is 0.269. The summed E-state index contributed by atoms with van der Waals surface area (Å²) in [5.41, 5.74) is 4.89. The van der Waals surface area contributed by atoms with E-state index in [-0.39, 0.29) is 17.7 Å². The predicted molar refractivity (Wildman–Crippen MR) is 146 cm³/mol. The second kappa shape index (κ2) is 8.25. The normalized spacial score (nSPS) is 24.0. The fraction of sp³-hybridized carbons (Fsp3) is 0.182. The molecule has 4 aromatic carbocycles. The van der Waals surface area contributed by atoms with Crippen molar-refractivity contribution in [2.24, 2.45) is 17.8 Å². The van der Waals surface area contributed by atoms with Crippen molar-refractivity contribution in [3.63, 3.8) is 0 Å². The van der Waals surface area contributed by atoms with E-state index >= 15 is 0 Å². The molecule has 1 fully saturated rings. The van der Waals surface area contributed by atoms with Crippen LogP contribution >= 0.6 is 0 Å². The number of anilines is 1. The van der Waals surface area contributed by atoms with Gasteiger partial charge in [0.25, 0.3) is 0 Å². The molecule has 5 nitrogen and oxygen atoms in total. The van der Waals surface area contributed by atoms with Crippen LogP contribution in [-0.2, 0) is 14.4 Å². The van der Waals surface area contributed by atoms with Gasteiger partial charge in [-0.05, 0) is 47.6 Å². The number of carbonyl (C=O) groups excluding carboxylic acids is 3. The Morgan fingerprint density at radius 2 is 1.50 bits per heavy atom. The van der Waals surface area contributed by atoms with Gasteiger partial charge in [0.1, 0.15) is 5.75 Å². The molecule has 1 aliphatic carbocycles. The number of nitrogens with zero attached hydrogens (tertiary/aromatic N) is 1. The molecule has 0 bridgehead atoms. The van der Waals surface area contributed by atoms with E-state index in [0.717, 1.165) is 38.6 Å². The monoisotopic (exact) mass is 499 g/mol. The number of hydrogen-bond acceptors (Lipinski definition) is 4. The van der Waals surface area contributed by atoms with Gasteiger partial charge in [-0.15, -0.1) is 0 Å². The fourth-order valence-electron chi connectivity index (χ4n) is 6.49. The van der Waals surface area contributed by atoms with E-state index < -0.39 is 23.7 Å². The summed E-state index contributed by atoms with van der Waals surface area (Å²) in [5, 5.41) is 1.82. The number of fused-ring (bicyclic) bond motifs is 7. The minimum atomic E-state index is -0.847. The summed E-state index contributed by atoms with van der Waals surface area (Å²) in [6.45, 7) is 3.83. The lowest BCUT2D eigenvalue weighted by molar-refractivity contribution is -0.142. The highest BCUT2D eigenvalue weighted by atomic mass is 16.5. The van der Waals surface area contributed by atoms with E-state index in [1.807, 2.05) is 105 Å². The van der Waals surface area contributed by atoms with Crippen LogP contribution in [0.2, 0.25) is 0 Å². The third kappa shape index (κ3) is 3.14. The van der Waals surface area contributed by atoms with Gasteiger partial charge in [0.2, 0.25) is 11.8 Å². The zero-order valence-corrected chi connectivity index (χ0v) is 21.0. The first-order valence-corrected chi connectivity index (χ1v) is 12.9. The smallest absolute Gasteiger partial charge is 0.319 e. The van der Waals surface area contributed by atoms with Crippen LogP contribution in [0.25, 0.3) is 16.3 Å². The summed E-state index contributed by atoms with van der Waals surface area (Å²) in [7, 11) is 0. The Kier molecular flexibility index (Phi) is 4.92. The van der Waals surface area contributed by atoms with E-state index in [2.05, 4.69) is 0 Å². The molecule has 2 aliphatic heterocycles. The highest BCUT2D eigenvalue weighted by molar-refractivity contribution is 6.25. The van der Waals surface area contributed by atoms with Crippen molar-refractivity contribution in [3.05, 3.63) is 113 Å². The number of aryl methyl sites for hydroxylation is 2. The van der Waals surface area contributed by atoms with Gasteiger partial charge in [-0.2, -0.15) is 0 Å². The average molecular weight is 500 g/mol. The van der Waals surface area contributed by atoms with Crippen LogP contribution < -0.4 is 9.64 Å². The molecule has 0 spiro atoms. The topological polar surface area (TPSA) is 63.7 Å². The second-order valence-electron chi connectivity index (χ2n) is 10.5. The fourth-order valence-corrected chi connectivity index (χ4v) is 6.49. The van der Waals surface area contributed by atoms with Crippen molar-refractivity contribution in [2.45, 2.75) is 19.8 Å². The third-order valence-electron chi connectivity index (χ3n) is 8.28. The number of allylic oxidation sites excluding steroid dienone is 1. The number of rotatable bonds is 2. The Morgan fingerprint density at radius 3 is 2.32 bits per heavy atom. The van der Waals surface area contributed by atoms with E-state index in [1.54, 1.807) is 0 Å². The van der Waals surface area contributed by atoms with Crippen LogP contribution in [0.1, 0.15) is 28.2 Å². The quantitative estimate of drug-likeness (QED) is 0.193. The number of imide groups is 1. The highest BCUT2D eigenvalue weighted by Gasteiger charge is 2.60.